The summed E-state index contributed by atoms with van der Waals surface area (Å²) >= 11 is 0. The molecule has 0 atom stereocenters. The lowest BCUT2D eigenvalue weighted by Gasteiger charge is -2.24. The molecule has 0 spiro atoms. The number of anilines is 3. The number of aromatic nitrogens is 2. The van der Waals surface area contributed by atoms with E-state index in [0.29, 0.717) is 0 Å². The van der Waals surface area contributed by atoms with Crippen molar-refractivity contribution in [2.45, 2.75) is 26.3 Å². The molecule has 0 saturated carbocycles. The third-order valence-electron chi connectivity index (χ3n) is 2.75. The summed E-state index contributed by atoms with van der Waals surface area (Å²) in [5, 5.41) is 3.43. The zero-order valence-corrected chi connectivity index (χ0v) is 12.8. The lowest BCUT2D eigenvalue weighted by Crippen LogP contribution is -2.26. The van der Waals surface area contributed by atoms with Crippen LogP contribution in [-0.4, -0.2) is 22.6 Å². The fourth-order valence-electron chi connectivity index (χ4n) is 1.92. The highest BCUT2D eigenvalue weighted by Gasteiger charge is 2.13. The number of benzene rings is 1. The quantitative estimate of drug-likeness (QED) is 0.750. The van der Waals surface area contributed by atoms with Crippen LogP contribution in [0.1, 0.15) is 20.8 Å². The smallest absolute Gasteiger partial charge is 0.219 e. The van der Waals surface area contributed by atoms with Crippen LogP contribution in [0.2, 0.25) is 0 Å². The van der Waals surface area contributed by atoms with Crippen LogP contribution in [0.15, 0.2) is 30.6 Å². The molecule has 6 nitrogen and oxygen atoms in total. The molecule has 0 amide bonds. The van der Waals surface area contributed by atoms with Gasteiger partial charge < -0.3 is 11.1 Å². The van der Waals surface area contributed by atoms with E-state index in [0.717, 1.165) is 22.5 Å². The number of nitrogen functional groups attached to an aromatic ring is 1. The topological polar surface area (TPSA) is 85.1 Å². The Balaban J connectivity index is 2.37. The van der Waals surface area contributed by atoms with Gasteiger partial charge in [-0.1, -0.05) is 6.07 Å². The van der Waals surface area contributed by atoms with Gasteiger partial charge in [-0.05, 0) is 38.5 Å². The number of hydrogen-bond acceptors (Lipinski definition) is 6. The van der Waals surface area contributed by atoms with E-state index in [9.17, 15) is 0 Å². The average molecular weight is 287 g/mol. The highest BCUT2D eigenvalue weighted by atomic mass is 16.6. The first-order valence-electron chi connectivity index (χ1n) is 6.68. The molecule has 4 N–H and O–H groups in total. The van der Waals surface area contributed by atoms with Gasteiger partial charge in [0, 0.05) is 23.5 Å². The first-order chi connectivity index (χ1) is 9.89. The Bertz CT molecular complexity index is 604. The number of nitrogens with one attached hydrogen (secondary N) is 2. The van der Waals surface area contributed by atoms with E-state index < -0.39 is 0 Å². The zero-order chi connectivity index (χ0) is 15.5. The van der Waals surface area contributed by atoms with E-state index in [1.165, 1.54) is 0 Å². The Hall–Kier alpha value is -2.34. The Kier molecular flexibility index (Phi) is 4.28. The van der Waals surface area contributed by atoms with Crippen molar-refractivity contribution in [2.24, 2.45) is 0 Å². The number of hydrogen-bond donors (Lipinski definition) is 3. The molecule has 112 valence electrons. The largest absolute Gasteiger partial charge is 0.379 e. The van der Waals surface area contributed by atoms with Crippen molar-refractivity contribution in [3.05, 3.63) is 30.6 Å². The average Bonchev–Trinajstić information content (AvgIpc) is 2.40. The number of rotatable bonds is 4. The van der Waals surface area contributed by atoms with Gasteiger partial charge in [-0.25, -0.2) is 9.97 Å². The van der Waals surface area contributed by atoms with Crippen LogP contribution >= 0.6 is 0 Å². The van der Waals surface area contributed by atoms with Crippen molar-refractivity contribution >= 4 is 17.3 Å². The fraction of sp³-hybridized carbons (Fsp3) is 0.333. The maximum atomic E-state index is 5.51. The minimum absolute atomic E-state index is 0.0456. The molecule has 0 aliphatic rings. The van der Waals surface area contributed by atoms with E-state index >= 15 is 0 Å². The highest BCUT2D eigenvalue weighted by Crippen LogP contribution is 2.30. The summed E-state index contributed by atoms with van der Waals surface area (Å²) in [5.41, 5.74) is 12.0. The molecule has 2 aromatic rings. The van der Waals surface area contributed by atoms with E-state index in [-0.39, 0.29) is 11.5 Å². The van der Waals surface area contributed by atoms with Crippen LogP contribution in [0.3, 0.4) is 0 Å². The monoisotopic (exact) mass is 287 g/mol. The first kappa shape index (κ1) is 15.1. The predicted molar refractivity (Wildman–Crippen MR) is 85.9 cm³/mol. The standard InChI is InChI=1S/C15H21N5O/c1-15(2,3)19-12-6-5-10(7-13(12)20-21-4)11-8-17-14(16)18-9-11/h5-9,19-20H,1-4H3,(H2,16,17,18). The van der Waals surface area contributed by atoms with Gasteiger partial charge in [0.05, 0.1) is 18.5 Å². The highest BCUT2D eigenvalue weighted by molar-refractivity contribution is 5.77. The summed E-state index contributed by atoms with van der Waals surface area (Å²) < 4.78 is 0. The molecule has 21 heavy (non-hydrogen) atoms. The molecule has 6 heteroatoms. The molecule has 0 fully saturated rings. The molecular formula is C15H21N5O. The SMILES string of the molecule is CONc1cc(-c2cnc(N)nc2)ccc1NC(C)(C)C. The van der Waals surface area contributed by atoms with Gasteiger partial charge in [0.15, 0.2) is 0 Å². The Morgan fingerprint density at radius 3 is 2.29 bits per heavy atom. The van der Waals surface area contributed by atoms with Crippen LogP contribution in [0.5, 0.6) is 0 Å². The van der Waals surface area contributed by atoms with Crippen LogP contribution in [0, 0.1) is 0 Å². The predicted octanol–water partition coefficient (Wildman–Crippen LogP) is 2.91. The summed E-state index contributed by atoms with van der Waals surface area (Å²) in [6.45, 7) is 6.31. The first-order valence-corrected chi connectivity index (χ1v) is 6.68. The Labute approximate surface area is 124 Å². The molecule has 0 aliphatic heterocycles. The summed E-state index contributed by atoms with van der Waals surface area (Å²) in [7, 11) is 1.58. The molecule has 0 bridgehead atoms. The van der Waals surface area contributed by atoms with Gasteiger partial charge in [-0.15, -0.1) is 0 Å². The molecule has 0 aliphatic carbocycles. The van der Waals surface area contributed by atoms with Crippen molar-refractivity contribution < 1.29 is 4.84 Å². The van der Waals surface area contributed by atoms with Crippen molar-refractivity contribution in [1.82, 2.24) is 9.97 Å². The lowest BCUT2D eigenvalue weighted by atomic mass is 10.0. The zero-order valence-electron chi connectivity index (χ0n) is 12.8. The maximum Gasteiger partial charge on any atom is 0.219 e. The van der Waals surface area contributed by atoms with Gasteiger partial charge in [-0.2, -0.15) is 0 Å². The Morgan fingerprint density at radius 2 is 1.71 bits per heavy atom. The molecule has 2 rings (SSSR count). The van der Waals surface area contributed by atoms with Gasteiger partial charge in [0.2, 0.25) is 5.95 Å². The summed E-state index contributed by atoms with van der Waals surface area (Å²) in [6.07, 6.45) is 3.40. The van der Waals surface area contributed by atoms with Crippen molar-refractivity contribution in [1.29, 1.82) is 0 Å². The van der Waals surface area contributed by atoms with Gasteiger partial charge in [0.1, 0.15) is 0 Å². The van der Waals surface area contributed by atoms with Gasteiger partial charge in [0.25, 0.3) is 0 Å². The molecule has 0 saturated heterocycles. The van der Waals surface area contributed by atoms with Crippen molar-refractivity contribution in [3.8, 4) is 11.1 Å². The van der Waals surface area contributed by atoms with Gasteiger partial charge >= 0.3 is 0 Å². The molecule has 0 radical (unpaired) electrons. The second-order valence-electron chi connectivity index (χ2n) is 5.77. The Morgan fingerprint density at radius 1 is 1.05 bits per heavy atom. The lowest BCUT2D eigenvalue weighted by molar-refractivity contribution is 0.271. The van der Waals surface area contributed by atoms with Crippen LogP contribution in [0.4, 0.5) is 17.3 Å². The normalized spacial score (nSPS) is 11.2. The molecule has 0 unspecified atom stereocenters. The van der Waals surface area contributed by atoms with E-state index in [2.05, 4.69) is 41.5 Å². The summed E-state index contributed by atoms with van der Waals surface area (Å²) in [4.78, 5) is 13.1. The van der Waals surface area contributed by atoms with Crippen LogP contribution < -0.4 is 16.5 Å². The minimum atomic E-state index is -0.0456. The number of nitrogens with two attached hydrogens (primary N) is 1. The van der Waals surface area contributed by atoms with E-state index in [4.69, 9.17) is 10.6 Å². The summed E-state index contributed by atoms with van der Waals surface area (Å²) in [5.74, 6) is 0.264. The maximum absolute atomic E-state index is 5.51. The third kappa shape index (κ3) is 4.06. The molecule has 1 aromatic carbocycles. The second-order valence-corrected chi connectivity index (χ2v) is 5.77. The molecular weight excluding hydrogens is 266 g/mol. The molecule has 1 aromatic heterocycles. The van der Waals surface area contributed by atoms with Crippen LogP contribution in [0.25, 0.3) is 11.1 Å². The number of nitrogens with zero attached hydrogens (tertiary/aromatic N) is 2. The van der Waals surface area contributed by atoms with Gasteiger partial charge in [-0.3, -0.25) is 10.3 Å². The van der Waals surface area contributed by atoms with Crippen LogP contribution in [-0.2, 0) is 4.84 Å². The minimum Gasteiger partial charge on any atom is -0.379 e. The second kappa shape index (κ2) is 5.97. The van der Waals surface area contributed by atoms with Crippen molar-refractivity contribution in [2.75, 3.05) is 23.6 Å². The van der Waals surface area contributed by atoms with E-state index in [1.807, 2.05) is 18.2 Å². The fourth-order valence-corrected chi connectivity index (χ4v) is 1.92. The molecule has 1 heterocycles. The third-order valence-corrected chi connectivity index (χ3v) is 2.75. The van der Waals surface area contributed by atoms with E-state index in [1.54, 1.807) is 19.5 Å². The summed E-state index contributed by atoms with van der Waals surface area (Å²) in [6, 6.07) is 5.98. The van der Waals surface area contributed by atoms with Crippen molar-refractivity contribution in [3.63, 3.8) is 0 Å².